The minimum Gasteiger partial charge on any atom is -0.454 e. The van der Waals surface area contributed by atoms with Crippen LogP contribution in [-0.2, 0) is 16.1 Å². The second kappa shape index (κ2) is 7.12. The van der Waals surface area contributed by atoms with Gasteiger partial charge in [0.05, 0.1) is 0 Å². The van der Waals surface area contributed by atoms with Gasteiger partial charge in [0, 0.05) is 32.1 Å². The van der Waals surface area contributed by atoms with Crippen LogP contribution >= 0.6 is 0 Å². The highest BCUT2D eigenvalue weighted by molar-refractivity contribution is 5.73. The number of ether oxygens (including phenoxy) is 4. The van der Waals surface area contributed by atoms with E-state index in [0.29, 0.717) is 18.0 Å². The molecule has 0 atom stereocenters. The van der Waals surface area contributed by atoms with Crippen LogP contribution in [0.2, 0.25) is 0 Å². The first-order valence-corrected chi connectivity index (χ1v) is 7.64. The average molecular weight is 343 g/mol. The highest BCUT2D eigenvalue weighted by Gasteiger charge is 2.14. The molecule has 0 aliphatic carbocycles. The number of carbonyl (C=O) groups excluding carboxylic acids is 2. The molecule has 0 amide bonds. The van der Waals surface area contributed by atoms with Crippen molar-refractivity contribution >= 4 is 17.6 Å². The fourth-order valence-corrected chi connectivity index (χ4v) is 2.35. The van der Waals surface area contributed by atoms with Crippen molar-refractivity contribution in [2.45, 2.75) is 20.4 Å². The summed E-state index contributed by atoms with van der Waals surface area (Å²) in [7, 11) is 0. The van der Waals surface area contributed by atoms with E-state index in [4.69, 9.17) is 18.9 Å². The largest absolute Gasteiger partial charge is 0.454 e. The van der Waals surface area contributed by atoms with Crippen LogP contribution in [0.1, 0.15) is 19.4 Å². The summed E-state index contributed by atoms with van der Waals surface area (Å²) in [4.78, 5) is 22.4. The van der Waals surface area contributed by atoms with Crippen LogP contribution in [0, 0.1) is 0 Å². The van der Waals surface area contributed by atoms with Crippen LogP contribution in [0.5, 0.6) is 23.0 Å². The van der Waals surface area contributed by atoms with Gasteiger partial charge in [0.1, 0.15) is 0 Å². The summed E-state index contributed by atoms with van der Waals surface area (Å²) in [6, 6.07) is 10.6. The van der Waals surface area contributed by atoms with Crippen molar-refractivity contribution < 1.29 is 28.5 Å². The predicted octanol–water partition coefficient (Wildman–Crippen LogP) is 2.88. The molecule has 0 aromatic heterocycles. The first kappa shape index (κ1) is 16.6. The molecule has 1 N–H and O–H groups in total. The van der Waals surface area contributed by atoms with Gasteiger partial charge < -0.3 is 24.3 Å². The van der Waals surface area contributed by atoms with Crippen molar-refractivity contribution in [3.05, 3.63) is 42.0 Å². The summed E-state index contributed by atoms with van der Waals surface area (Å²) < 4.78 is 20.8. The molecule has 0 saturated heterocycles. The number of benzene rings is 2. The lowest BCUT2D eigenvalue weighted by Crippen LogP contribution is -2.08. The number of carbonyl (C=O) groups is 2. The van der Waals surface area contributed by atoms with Gasteiger partial charge in [-0.1, -0.05) is 6.07 Å². The fourth-order valence-electron chi connectivity index (χ4n) is 2.35. The Morgan fingerprint density at radius 1 is 0.960 bits per heavy atom. The molecule has 0 saturated carbocycles. The normalized spacial score (nSPS) is 11.8. The van der Waals surface area contributed by atoms with Crippen LogP contribution in [0.15, 0.2) is 36.4 Å². The molecule has 0 radical (unpaired) electrons. The Morgan fingerprint density at radius 2 is 1.68 bits per heavy atom. The minimum atomic E-state index is -0.491. The van der Waals surface area contributed by atoms with Gasteiger partial charge in [0.15, 0.2) is 23.0 Å². The molecule has 2 aromatic rings. The van der Waals surface area contributed by atoms with Gasteiger partial charge in [-0.25, -0.2) is 0 Å². The van der Waals surface area contributed by atoms with E-state index in [9.17, 15) is 9.59 Å². The topological polar surface area (TPSA) is 83.1 Å². The zero-order valence-electron chi connectivity index (χ0n) is 13.8. The van der Waals surface area contributed by atoms with Crippen molar-refractivity contribution in [3.63, 3.8) is 0 Å². The van der Waals surface area contributed by atoms with Gasteiger partial charge in [-0.2, -0.15) is 0 Å². The van der Waals surface area contributed by atoms with Gasteiger partial charge in [0.25, 0.3) is 0 Å². The second-order valence-electron chi connectivity index (χ2n) is 5.39. The first-order valence-electron chi connectivity index (χ1n) is 7.64. The minimum absolute atomic E-state index is 0.202. The van der Waals surface area contributed by atoms with Crippen LogP contribution < -0.4 is 24.3 Å². The predicted molar refractivity (Wildman–Crippen MR) is 89.0 cm³/mol. The Kier molecular flexibility index (Phi) is 4.74. The summed E-state index contributed by atoms with van der Waals surface area (Å²) in [5.41, 5.74) is 1.71. The maximum absolute atomic E-state index is 11.2. The molecule has 0 unspecified atom stereocenters. The number of esters is 2. The third-order valence-corrected chi connectivity index (χ3v) is 3.38. The van der Waals surface area contributed by atoms with Gasteiger partial charge in [-0.05, 0) is 29.8 Å². The zero-order chi connectivity index (χ0) is 17.8. The van der Waals surface area contributed by atoms with E-state index >= 15 is 0 Å². The van der Waals surface area contributed by atoms with Crippen molar-refractivity contribution in [2.24, 2.45) is 0 Å². The molecular formula is C18H17NO6. The van der Waals surface area contributed by atoms with Crippen LogP contribution in [0.3, 0.4) is 0 Å². The van der Waals surface area contributed by atoms with E-state index in [-0.39, 0.29) is 18.3 Å². The van der Waals surface area contributed by atoms with Gasteiger partial charge in [0.2, 0.25) is 6.79 Å². The number of anilines is 1. The lowest BCUT2D eigenvalue weighted by atomic mass is 10.2. The molecule has 3 rings (SSSR count). The third-order valence-electron chi connectivity index (χ3n) is 3.38. The second-order valence-corrected chi connectivity index (χ2v) is 5.39. The molecule has 1 heterocycles. The third kappa shape index (κ3) is 4.20. The number of rotatable bonds is 5. The van der Waals surface area contributed by atoms with Crippen LogP contribution in [0.4, 0.5) is 5.69 Å². The van der Waals surface area contributed by atoms with Crippen LogP contribution in [0.25, 0.3) is 0 Å². The molecule has 130 valence electrons. The Labute approximate surface area is 144 Å². The molecule has 7 heteroatoms. The van der Waals surface area contributed by atoms with E-state index < -0.39 is 11.9 Å². The van der Waals surface area contributed by atoms with E-state index in [1.54, 1.807) is 18.2 Å². The summed E-state index contributed by atoms with van der Waals surface area (Å²) in [6.07, 6.45) is 0. The van der Waals surface area contributed by atoms with Crippen molar-refractivity contribution in [2.75, 3.05) is 12.1 Å². The Morgan fingerprint density at radius 3 is 2.44 bits per heavy atom. The molecule has 7 nitrogen and oxygen atoms in total. The number of hydrogen-bond acceptors (Lipinski definition) is 7. The Hall–Kier alpha value is -3.22. The zero-order valence-corrected chi connectivity index (χ0v) is 13.8. The highest BCUT2D eigenvalue weighted by atomic mass is 16.7. The molecular weight excluding hydrogens is 326 g/mol. The summed E-state index contributed by atoms with van der Waals surface area (Å²) in [5, 5.41) is 3.25. The summed E-state index contributed by atoms with van der Waals surface area (Å²) in [6.45, 7) is 3.28. The molecule has 0 spiro atoms. The maximum atomic E-state index is 11.2. The number of hydrogen-bond donors (Lipinski definition) is 1. The standard InChI is InChI=1S/C18H17NO6/c1-11(20)24-16-5-3-13(7-18(16)25-12(2)21)9-19-14-4-6-15-17(8-14)23-10-22-15/h3-8,19H,9-10H2,1-2H3. The molecule has 2 aromatic carbocycles. The summed E-state index contributed by atoms with van der Waals surface area (Å²) in [5.74, 6) is 0.834. The van der Waals surface area contributed by atoms with Gasteiger partial charge >= 0.3 is 11.9 Å². The maximum Gasteiger partial charge on any atom is 0.308 e. The molecule has 1 aliphatic rings. The van der Waals surface area contributed by atoms with Gasteiger partial charge in [-0.15, -0.1) is 0 Å². The molecule has 0 fully saturated rings. The lowest BCUT2D eigenvalue weighted by Gasteiger charge is -2.12. The molecule has 0 bridgehead atoms. The van der Waals surface area contributed by atoms with Gasteiger partial charge in [-0.3, -0.25) is 9.59 Å². The Balaban J connectivity index is 1.73. The number of fused-ring (bicyclic) bond motifs is 1. The fraction of sp³-hybridized carbons (Fsp3) is 0.222. The first-order chi connectivity index (χ1) is 12.0. The Bertz CT molecular complexity index is 817. The quantitative estimate of drug-likeness (QED) is 0.660. The highest BCUT2D eigenvalue weighted by Crippen LogP contribution is 2.34. The number of nitrogens with one attached hydrogen (secondary N) is 1. The van der Waals surface area contributed by atoms with Crippen molar-refractivity contribution in [3.8, 4) is 23.0 Å². The van der Waals surface area contributed by atoms with E-state index in [1.165, 1.54) is 13.8 Å². The lowest BCUT2D eigenvalue weighted by molar-refractivity contribution is -0.134. The van der Waals surface area contributed by atoms with Crippen molar-refractivity contribution in [1.82, 2.24) is 0 Å². The smallest absolute Gasteiger partial charge is 0.308 e. The monoisotopic (exact) mass is 343 g/mol. The molecule has 25 heavy (non-hydrogen) atoms. The SMILES string of the molecule is CC(=O)Oc1ccc(CNc2ccc3c(c2)OCO3)cc1OC(C)=O. The van der Waals surface area contributed by atoms with E-state index in [1.807, 2.05) is 18.2 Å². The van der Waals surface area contributed by atoms with Crippen molar-refractivity contribution in [1.29, 1.82) is 0 Å². The average Bonchev–Trinajstić information content (AvgIpc) is 3.01. The summed E-state index contributed by atoms with van der Waals surface area (Å²) >= 11 is 0. The van der Waals surface area contributed by atoms with Crippen LogP contribution in [-0.4, -0.2) is 18.7 Å². The van der Waals surface area contributed by atoms with E-state index in [2.05, 4.69) is 5.32 Å². The van der Waals surface area contributed by atoms with E-state index in [0.717, 1.165) is 11.3 Å². The molecule has 1 aliphatic heterocycles.